The number of nitrogens with one attached hydrogen (secondary N) is 1. The lowest BCUT2D eigenvalue weighted by atomic mass is 10.4. The van der Waals surface area contributed by atoms with Crippen LogP contribution in [0.1, 0.15) is 23.1 Å². The second kappa shape index (κ2) is 6.56. The maximum atomic E-state index is 12.1. The van der Waals surface area contributed by atoms with E-state index < -0.39 is 4.92 Å². The number of aromatic nitrogens is 4. The van der Waals surface area contributed by atoms with Gasteiger partial charge in [-0.3, -0.25) is 9.48 Å². The predicted molar refractivity (Wildman–Crippen MR) is 78.9 cm³/mol. The van der Waals surface area contributed by atoms with Crippen molar-refractivity contribution in [3.63, 3.8) is 0 Å². The molecule has 2 aromatic rings. The third-order valence-electron chi connectivity index (χ3n) is 3.07. The Morgan fingerprint density at radius 1 is 1.50 bits per heavy atom. The number of aryl methyl sites for hydroxylation is 2. The maximum Gasteiger partial charge on any atom is 0.390 e. The van der Waals surface area contributed by atoms with E-state index in [0.29, 0.717) is 24.5 Å². The van der Waals surface area contributed by atoms with Gasteiger partial charge in [0.05, 0.1) is 34.6 Å². The average Bonchev–Trinajstić information content (AvgIpc) is 3.02. The van der Waals surface area contributed by atoms with Crippen molar-refractivity contribution in [2.24, 2.45) is 0 Å². The Balaban J connectivity index is 1.97. The Bertz CT molecular complexity index is 708. The molecule has 0 bridgehead atoms. The van der Waals surface area contributed by atoms with Crippen molar-refractivity contribution >= 4 is 23.3 Å². The summed E-state index contributed by atoms with van der Waals surface area (Å²) in [4.78, 5) is 22.2. The van der Waals surface area contributed by atoms with Gasteiger partial charge in [-0.1, -0.05) is 11.6 Å². The molecule has 1 N–H and O–H groups in total. The quantitative estimate of drug-likeness (QED) is 0.637. The highest BCUT2D eigenvalue weighted by molar-refractivity contribution is 6.33. The van der Waals surface area contributed by atoms with Gasteiger partial charge in [0, 0.05) is 13.1 Å². The molecule has 0 atom stereocenters. The van der Waals surface area contributed by atoms with Gasteiger partial charge in [0.2, 0.25) is 0 Å². The molecule has 0 unspecified atom stereocenters. The number of hydrogen-bond donors (Lipinski definition) is 1. The van der Waals surface area contributed by atoms with Crippen LogP contribution in [0.15, 0.2) is 12.3 Å². The van der Waals surface area contributed by atoms with E-state index in [9.17, 15) is 14.9 Å². The van der Waals surface area contributed by atoms with E-state index in [1.807, 2.05) is 6.92 Å². The number of carbonyl (C=O) groups excluding carboxylic acids is 1. The van der Waals surface area contributed by atoms with Crippen molar-refractivity contribution in [1.82, 2.24) is 24.9 Å². The van der Waals surface area contributed by atoms with Gasteiger partial charge in [0.1, 0.15) is 5.69 Å². The first-order valence-electron chi connectivity index (χ1n) is 6.62. The summed E-state index contributed by atoms with van der Waals surface area (Å²) in [6, 6.07) is 1.38. The summed E-state index contributed by atoms with van der Waals surface area (Å²) < 4.78 is 2.97. The van der Waals surface area contributed by atoms with E-state index in [0.717, 1.165) is 0 Å². The van der Waals surface area contributed by atoms with E-state index in [1.165, 1.54) is 21.6 Å². The van der Waals surface area contributed by atoms with Crippen molar-refractivity contribution in [3.8, 4) is 0 Å². The molecule has 22 heavy (non-hydrogen) atoms. The number of nitrogens with zero attached hydrogens (tertiary/aromatic N) is 5. The van der Waals surface area contributed by atoms with E-state index in [4.69, 9.17) is 11.6 Å². The van der Waals surface area contributed by atoms with Crippen LogP contribution in [0, 0.1) is 17.0 Å². The van der Waals surface area contributed by atoms with Crippen LogP contribution >= 0.6 is 11.6 Å². The van der Waals surface area contributed by atoms with Crippen LogP contribution in [0.2, 0.25) is 5.02 Å². The van der Waals surface area contributed by atoms with Gasteiger partial charge in [-0.2, -0.15) is 9.78 Å². The molecule has 0 spiro atoms. The highest BCUT2D eigenvalue weighted by Gasteiger charge is 2.18. The lowest BCUT2D eigenvalue weighted by Gasteiger charge is -2.07. The molecule has 118 valence electrons. The maximum absolute atomic E-state index is 12.1. The van der Waals surface area contributed by atoms with Crippen molar-refractivity contribution in [1.29, 1.82) is 0 Å². The number of hydrogen-bond acceptors (Lipinski definition) is 5. The van der Waals surface area contributed by atoms with Crippen LogP contribution in [-0.2, 0) is 13.1 Å². The Labute approximate surface area is 131 Å². The smallest absolute Gasteiger partial charge is 0.358 e. The van der Waals surface area contributed by atoms with Crippen molar-refractivity contribution in [2.45, 2.75) is 26.9 Å². The molecule has 0 aromatic carbocycles. The third-order valence-corrected chi connectivity index (χ3v) is 3.35. The Hall–Kier alpha value is -2.42. The number of carbonyl (C=O) groups is 1. The average molecular weight is 327 g/mol. The number of rotatable bonds is 6. The first-order chi connectivity index (χ1) is 10.4. The Morgan fingerprint density at radius 3 is 2.82 bits per heavy atom. The Kier molecular flexibility index (Phi) is 4.76. The minimum Gasteiger partial charge on any atom is -0.358 e. The first kappa shape index (κ1) is 16.0. The fourth-order valence-corrected chi connectivity index (χ4v) is 2.22. The normalized spacial score (nSPS) is 10.7. The molecule has 9 nitrogen and oxygen atoms in total. The minimum atomic E-state index is -0.554. The van der Waals surface area contributed by atoms with Crippen LogP contribution in [0.25, 0.3) is 0 Å². The summed E-state index contributed by atoms with van der Waals surface area (Å²) in [6.45, 7) is 4.68. The molecule has 0 radical (unpaired) electrons. The molecule has 0 aliphatic rings. The highest BCUT2D eigenvalue weighted by Crippen LogP contribution is 2.15. The molecule has 0 aliphatic carbocycles. The van der Waals surface area contributed by atoms with Crippen molar-refractivity contribution in [3.05, 3.63) is 38.8 Å². The standard InChI is InChI=1S/C12H15ClN6O3/c1-3-17-11(9(13)7-15-17)12(20)14-4-5-18-8(2)6-10(16-18)19(21)22/h6-7H,3-5H2,1-2H3,(H,14,20). The van der Waals surface area contributed by atoms with Gasteiger partial charge >= 0.3 is 5.82 Å². The van der Waals surface area contributed by atoms with Crippen LogP contribution < -0.4 is 5.32 Å². The molecule has 0 fully saturated rings. The van der Waals surface area contributed by atoms with Crippen LogP contribution in [0.4, 0.5) is 5.82 Å². The predicted octanol–water partition coefficient (Wildman–Crippen LogP) is 1.40. The highest BCUT2D eigenvalue weighted by atomic mass is 35.5. The summed E-state index contributed by atoms with van der Waals surface area (Å²) in [6.07, 6.45) is 1.42. The first-order valence-corrected chi connectivity index (χ1v) is 7.00. The lowest BCUT2D eigenvalue weighted by molar-refractivity contribution is -0.389. The summed E-state index contributed by atoms with van der Waals surface area (Å²) in [5.74, 6) is -0.556. The number of amides is 1. The molecule has 2 heterocycles. The van der Waals surface area contributed by atoms with Gasteiger partial charge in [-0.15, -0.1) is 0 Å². The van der Waals surface area contributed by atoms with Crippen LogP contribution in [-0.4, -0.2) is 36.9 Å². The van der Waals surface area contributed by atoms with E-state index in [2.05, 4.69) is 15.5 Å². The zero-order valence-corrected chi connectivity index (χ0v) is 12.9. The fourth-order valence-electron chi connectivity index (χ4n) is 2.00. The van der Waals surface area contributed by atoms with Gasteiger partial charge in [-0.05, 0) is 18.8 Å². The summed E-state index contributed by atoms with van der Waals surface area (Å²) in [5, 5.41) is 21.5. The lowest BCUT2D eigenvalue weighted by Crippen LogP contribution is -2.30. The zero-order chi connectivity index (χ0) is 16.3. The largest absolute Gasteiger partial charge is 0.390 e. The Morgan fingerprint density at radius 2 is 2.23 bits per heavy atom. The number of halogens is 1. The van der Waals surface area contributed by atoms with Gasteiger partial charge in [0.25, 0.3) is 5.91 Å². The minimum absolute atomic E-state index is 0.212. The number of nitro groups is 1. The molecular weight excluding hydrogens is 312 g/mol. The van der Waals surface area contributed by atoms with Gasteiger partial charge in [-0.25, -0.2) is 0 Å². The molecule has 0 aliphatic heterocycles. The fraction of sp³-hybridized carbons (Fsp3) is 0.417. The summed E-state index contributed by atoms with van der Waals surface area (Å²) in [5.41, 5.74) is 0.949. The molecule has 0 saturated carbocycles. The van der Waals surface area contributed by atoms with E-state index in [-0.39, 0.29) is 23.3 Å². The molecule has 10 heteroatoms. The topological polar surface area (TPSA) is 108 Å². The zero-order valence-electron chi connectivity index (χ0n) is 12.1. The van der Waals surface area contributed by atoms with Crippen LogP contribution in [0.5, 0.6) is 0 Å². The van der Waals surface area contributed by atoms with Gasteiger partial charge < -0.3 is 15.4 Å². The monoisotopic (exact) mass is 326 g/mol. The van der Waals surface area contributed by atoms with Crippen molar-refractivity contribution < 1.29 is 9.72 Å². The second-order valence-corrected chi connectivity index (χ2v) is 4.94. The molecular formula is C12H15ClN6O3. The van der Waals surface area contributed by atoms with Crippen molar-refractivity contribution in [2.75, 3.05) is 6.54 Å². The molecule has 0 saturated heterocycles. The van der Waals surface area contributed by atoms with Gasteiger partial charge in [0.15, 0.2) is 0 Å². The molecule has 2 rings (SSSR count). The van der Waals surface area contributed by atoms with E-state index in [1.54, 1.807) is 6.92 Å². The van der Waals surface area contributed by atoms with E-state index >= 15 is 0 Å². The molecule has 1 amide bonds. The van der Waals surface area contributed by atoms with Crippen LogP contribution in [0.3, 0.4) is 0 Å². The molecule has 2 aromatic heterocycles. The third kappa shape index (κ3) is 3.25. The summed E-state index contributed by atoms with van der Waals surface area (Å²) >= 11 is 5.94. The second-order valence-electron chi connectivity index (χ2n) is 4.54. The SMILES string of the molecule is CCn1ncc(Cl)c1C(=O)NCCn1nc([N+](=O)[O-])cc1C. The summed E-state index contributed by atoms with van der Waals surface area (Å²) in [7, 11) is 0.